The third kappa shape index (κ3) is 1.96. The SMILES string of the molecule is CC1CCN(c2ncnc(N)c2C(C)C)C1. The second-order valence-corrected chi connectivity index (χ2v) is 4.99. The average Bonchev–Trinajstić information content (AvgIpc) is 2.63. The predicted octanol–water partition coefficient (Wildman–Crippen LogP) is 2.03. The number of nitrogens with zero attached hydrogens (tertiary/aromatic N) is 3. The zero-order chi connectivity index (χ0) is 11.7. The summed E-state index contributed by atoms with van der Waals surface area (Å²) in [5.74, 6) is 2.77. The summed E-state index contributed by atoms with van der Waals surface area (Å²) in [6, 6.07) is 0. The highest BCUT2D eigenvalue weighted by atomic mass is 15.2. The maximum absolute atomic E-state index is 5.95. The monoisotopic (exact) mass is 220 g/mol. The molecule has 1 atom stereocenters. The molecule has 0 aromatic carbocycles. The minimum atomic E-state index is 0.368. The van der Waals surface area contributed by atoms with Crippen LogP contribution in [-0.2, 0) is 0 Å². The molecule has 4 nitrogen and oxygen atoms in total. The topological polar surface area (TPSA) is 55.0 Å². The van der Waals surface area contributed by atoms with Gasteiger partial charge >= 0.3 is 0 Å². The fourth-order valence-electron chi connectivity index (χ4n) is 2.33. The first kappa shape index (κ1) is 11.2. The molecule has 1 unspecified atom stereocenters. The number of aromatic nitrogens is 2. The highest BCUT2D eigenvalue weighted by Crippen LogP contribution is 2.31. The van der Waals surface area contributed by atoms with E-state index in [1.807, 2.05) is 0 Å². The van der Waals surface area contributed by atoms with Crippen molar-refractivity contribution in [2.45, 2.75) is 33.1 Å². The maximum atomic E-state index is 5.95. The van der Waals surface area contributed by atoms with Gasteiger partial charge in [-0.05, 0) is 18.3 Å². The van der Waals surface area contributed by atoms with E-state index in [2.05, 4.69) is 35.6 Å². The lowest BCUT2D eigenvalue weighted by atomic mass is 10.0. The Morgan fingerprint density at radius 3 is 2.75 bits per heavy atom. The summed E-state index contributed by atoms with van der Waals surface area (Å²) in [5, 5.41) is 0. The van der Waals surface area contributed by atoms with Crippen LogP contribution in [0.25, 0.3) is 0 Å². The van der Waals surface area contributed by atoms with E-state index in [1.54, 1.807) is 6.33 Å². The Labute approximate surface area is 96.9 Å². The Morgan fingerprint density at radius 2 is 2.19 bits per heavy atom. The first-order valence-electron chi connectivity index (χ1n) is 5.95. The molecule has 1 aromatic rings. The zero-order valence-corrected chi connectivity index (χ0v) is 10.3. The third-order valence-electron chi connectivity index (χ3n) is 3.19. The van der Waals surface area contributed by atoms with Crippen LogP contribution in [0.3, 0.4) is 0 Å². The quantitative estimate of drug-likeness (QED) is 0.828. The highest BCUT2D eigenvalue weighted by Gasteiger charge is 2.24. The number of rotatable bonds is 2. The molecule has 2 N–H and O–H groups in total. The first-order valence-corrected chi connectivity index (χ1v) is 5.95. The Morgan fingerprint density at radius 1 is 1.44 bits per heavy atom. The Balaban J connectivity index is 2.36. The smallest absolute Gasteiger partial charge is 0.137 e. The number of nitrogen functional groups attached to an aromatic ring is 1. The van der Waals surface area contributed by atoms with Gasteiger partial charge in [0.1, 0.15) is 18.0 Å². The number of anilines is 2. The van der Waals surface area contributed by atoms with Gasteiger partial charge in [0, 0.05) is 18.7 Å². The summed E-state index contributed by atoms with van der Waals surface area (Å²) in [5.41, 5.74) is 7.04. The Kier molecular flexibility index (Phi) is 2.99. The molecular formula is C12H20N4. The van der Waals surface area contributed by atoms with Gasteiger partial charge in [0.05, 0.1) is 0 Å². The van der Waals surface area contributed by atoms with Gasteiger partial charge < -0.3 is 10.6 Å². The predicted molar refractivity (Wildman–Crippen MR) is 66.5 cm³/mol. The Bertz CT molecular complexity index is 375. The molecule has 0 bridgehead atoms. The van der Waals surface area contributed by atoms with Crippen molar-refractivity contribution in [2.75, 3.05) is 23.7 Å². The molecule has 2 heterocycles. The van der Waals surface area contributed by atoms with Gasteiger partial charge in [-0.15, -0.1) is 0 Å². The van der Waals surface area contributed by atoms with E-state index in [1.165, 1.54) is 6.42 Å². The molecule has 88 valence electrons. The van der Waals surface area contributed by atoms with Crippen LogP contribution in [0.2, 0.25) is 0 Å². The molecule has 0 aliphatic carbocycles. The number of hydrogen-bond acceptors (Lipinski definition) is 4. The second-order valence-electron chi connectivity index (χ2n) is 4.99. The van der Waals surface area contributed by atoms with E-state index in [0.717, 1.165) is 30.4 Å². The van der Waals surface area contributed by atoms with Gasteiger partial charge in [-0.25, -0.2) is 9.97 Å². The standard InChI is InChI=1S/C12H20N4/c1-8(2)10-11(13)14-7-15-12(10)16-5-4-9(3)6-16/h7-9H,4-6H2,1-3H3,(H2,13,14,15). The molecule has 0 amide bonds. The van der Waals surface area contributed by atoms with Crippen molar-refractivity contribution >= 4 is 11.6 Å². The van der Waals surface area contributed by atoms with Gasteiger partial charge in [0.25, 0.3) is 0 Å². The van der Waals surface area contributed by atoms with Crippen molar-refractivity contribution in [3.05, 3.63) is 11.9 Å². The van der Waals surface area contributed by atoms with Crippen molar-refractivity contribution in [2.24, 2.45) is 5.92 Å². The zero-order valence-electron chi connectivity index (χ0n) is 10.3. The van der Waals surface area contributed by atoms with Crippen LogP contribution in [0.4, 0.5) is 11.6 Å². The Hall–Kier alpha value is -1.32. The lowest BCUT2D eigenvalue weighted by molar-refractivity contribution is 0.658. The van der Waals surface area contributed by atoms with Crippen LogP contribution in [0, 0.1) is 5.92 Å². The fourth-order valence-corrected chi connectivity index (χ4v) is 2.33. The molecule has 4 heteroatoms. The molecule has 0 radical (unpaired) electrons. The minimum Gasteiger partial charge on any atom is -0.383 e. The molecule has 1 aliphatic rings. The van der Waals surface area contributed by atoms with E-state index in [9.17, 15) is 0 Å². The summed E-state index contributed by atoms with van der Waals surface area (Å²) in [6.45, 7) is 8.71. The van der Waals surface area contributed by atoms with Gasteiger partial charge in [0.2, 0.25) is 0 Å². The first-order chi connectivity index (χ1) is 7.59. The van der Waals surface area contributed by atoms with Gasteiger partial charge in [-0.1, -0.05) is 20.8 Å². The van der Waals surface area contributed by atoms with Crippen molar-refractivity contribution in [1.82, 2.24) is 9.97 Å². The molecule has 1 aromatic heterocycles. The summed E-state index contributed by atoms with van der Waals surface area (Å²) >= 11 is 0. The number of hydrogen-bond donors (Lipinski definition) is 1. The molecular weight excluding hydrogens is 200 g/mol. The summed E-state index contributed by atoms with van der Waals surface area (Å²) in [6.07, 6.45) is 2.81. The number of nitrogens with two attached hydrogens (primary N) is 1. The largest absolute Gasteiger partial charge is 0.383 e. The van der Waals surface area contributed by atoms with Crippen molar-refractivity contribution in [3.8, 4) is 0 Å². The lowest BCUT2D eigenvalue weighted by Crippen LogP contribution is -2.23. The van der Waals surface area contributed by atoms with Crippen LogP contribution in [0.15, 0.2) is 6.33 Å². The lowest BCUT2D eigenvalue weighted by Gasteiger charge is -2.22. The van der Waals surface area contributed by atoms with E-state index in [4.69, 9.17) is 5.73 Å². The summed E-state index contributed by atoms with van der Waals surface area (Å²) < 4.78 is 0. The van der Waals surface area contributed by atoms with E-state index >= 15 is 0 Å². The van der Waals surface area contributed by atoms with E-state index < -0.39 is 0 Å². The van der Waals surface area contributed by atoms with E-state index in [-0.39, 0.29) is 0 Å². The van der Waals surface area contributed by atoms with Crippen LogP contribution < -0.4 is 10.6 Å². The van der Waals surface area contributed by atoms with E-state index in [0.29, 0.717) is 11.7 Å². The van der Waals surface area contributed by atoms with Crippen molar-refractivity contribution in [3.63, 3.8) is 0 Å². The van der Waals surface area contributed by atoms with Gasteiger partial charge in [0.15, 0.2) is 0 Å². The third-order valence-corrected chi connectivity index (χ3v) is 3.19. The van der Waals surface area contributed by atoms with Crippen LogP contribution >= 0.6 is 0 Å². The molecule has 1 saturated heterocycles. The maximum Gasteiger partial charge on any atom is 0.137 e. The summed E-state index contributed by atoms with van der Waals surface area (Å²) in [7, 11) is 0. The second kappa shape index (κ2) is 4.28. The summed E-state index contributed by atoms with van der Waals surface area (Å²) in [4.78, 5) is 10.8. The molecule has 0 spiro atoms. The highest BCUT2D eigenvalue weighted by molar-refractivity contribution is 5.58. The minimum absolute atomic E-state index is 0.368. The van der Waals surface area contributed by atoms with Crippen molar-refractivity contribution in [1.29, 1.82) is 0 Å². The molecule has 16 heavy (non-hydrogen) atoms. The van der Waals surface area contributed by atoms with Crippen LogP contribution in [0.1, 0.15) is 38.7 Å². The van der Waals surface area contributed by atoms with Gasteiger partial charge in [-0.2, -0.15) is 0 Å². The fraction of sp³-hybridized carbons (Fsp3) is 0.667. The molecule has 1 aliphatic heterocycles. The molecule has 1 fully saturated rings. The average molecular weight is 220 g/mol. The molecule has 0 saturated carbocycles. The normalized spacial score (nSPS) is 20.8. The molecule has 2 rings (SSSR count). The van der Waals surface area contributed by atoms with Crippen LogP contribution in [-0.4, -0.2) is 23.1 Å². The van der Waals surface area contributed by atoms with Gasteiger partial charge in [-0.3, -0.25) is 0 Å². The van der Waals surface area contributed by atoms with Crippen molar-refractivity contribution < 1.29 is 0 Å². The van der Waals surface area contributed by atoms with Crippen LogP contribution in [0.5, 0.6) is 0 Å².